The van der Waals surface area contributed by atoms with Gasteiger partial charge >= 0.3 is 0 Å². The molecule has 1 saturated heterocycles. The zero-order valence-corrected chi connectivity index (χ0v) is 14.9. The first kappa shape index (κ1) is 19.3. The predicted molar refractivity (Wildman–Crippen MR) is 97.2 cm³/mol. The van der Waals surface area contributed by atoms with Crippen LogP contribution < -0.4 is 15.2 Å². The maximum absolute atomic E-state index is 12.7. The van der Waals surface area contributed by atoms with Gasteiger partial charge in [-0.05, 0) is 44.0 Å². The van der Waals surface area contributed by atoms with Crippen molar-refractivity contribution in [2.75, 3.05) is 40.0 Å². The number of carbonyl (C=O) groups excluding carboxylic acids is 1. The number of nitrogens with two attached hydrogens (primary N) is 1. The molecule has 6 heteroatoms. The highest BCUT2D eigenvalue weighted by atomic mass is 16.5. The van der Waals surface area contributed by atoms with Crippen LogP contribution in [-0.2, 0) is 4.74 Å². The Morgan fingerprint density at radius 1 is 1.36 bits per heavy atom. The van der Waals surface area contributed by atoms with Crippen LogP contribution in [0.2, 0.25) is 0 Å². The van der Waals surface area contributed by atoms with Crippen molar-refractivity contribution in [2.45, 2.75) is 25.4 Å². The minimum Gasteiger partial charge on any atom is -0.493 e. The van der Waals surface area contributed by atoms with Gasteiger partial charge in [-0.1, -0.05) is 12.7 Å². The standard InChI is InChI=1S/C19H28N2O4/c1-3-12-25-17-6-5-15(14-18(17)23-2)19(22)21-10-7-16(8-11-21)24-13-4-9-20/h3,5-6,14,16H,1,4,7-13,20H2,2H3. The summed E-state index contributed by atoms with van der Waals surface area (Å²) in [5, 5.41) is 0. The molecule has 2 N–H and O–H groups in total. The summed E-state index contributed by atoms with van der Waals surface area (Å²) in [6, 6.07) is 5.26. The van der Waals surface area contributed by atoms with E-state index in [-0.39, 0.29) is 12.0 Å². The van der Waals surface area contributed by atoms with Gasteiger partial charge in [0.1, 0.15) is 6.61 Å². The molecule has 0 saturated carbocycles. The van der Waals surface area contributed by atoms with Crippen molar-refractivity contribution in [1.82, 2.24) is 4.90 Å². The number of likely N-dealkylation sites (tertiary alicyclic amines) is 1. The summed E-state index contributed by atoms with van der Waals surface area (Å²) >= 11 is 0. The Labute approximate surface area is 149 Å². The maximum Gasteiger partial charge on any atom is 0.253 e. The van der Waals surface area contributed by atoms with Crippen LogP contribution in [0.3, 0.4) is 0 Å². The van der Waals surface area contributed by atoms with E-state index in [4.69, 9.17) is 19.9 Å². The van der Waals surface area contributed by atoms with E-state index in [1.54, 1.807) is 31.4 Å². The van der Waals surface area contributed by atoms with Crippen molar-refractivity contribution in [3.05, 3.63) is 36.4 Å². The van der Waals surface area contributed by atoms with Crippen LogP contribution in [0.25, 0.3) is 0 Å². The fourth-order valence-electron chi connectivity index (χ4n) is 2.81. The van der Waals surface area contributed by atoms with E-state index in [0.717, 1.165) is 19.3 Å². The second kappa shape index (κ2) is 10.1. The van der Waals surface area contributed by atoms with Crippen LogP contribution >= 0.6 is 0 Å². The molecule has 0 aliphatic carbocycles. The third kappa shape index (κ3) is 5.47. The monoisotopic (exact) mass is 348 g/mol. The molecular weight excluding hydrogens is 320 g/mol. The lowest BCUT2D eigenvalue weighted by atomic mass is 10.1. The van der Waals surface area contributed by atoms with Crippen molar-refractivity contribution in [3.63, 3.8) is 0 Å². The summed E-state index contributed by atoms with van der Waals surface area (Å²) in [7, 11) is 1.56. The molecule has 0 atom stereocenters. The summed E-state index contributed by atoms with van der Waals surface area (Å²) in [5.74, 6) is 1.16. The summed E-state index contributed by atoms with van der Waals surface area (Å²) in [4.78, 5) is 14.6. The second-order valence-electron chi connectivity index (χ2n) is 5.97. The molecular formula is C19H28N2O4. The summed E-state index contributed by atoms with van der Waals surface area (Å²) in [5.41, 5.74) is 6.08. The number of amides is 1. The normalized spacial score (nSPS) is 15.0. The van der Waals surface area contributed by atoms with Gasteiger partial charge in [-0.25, -0.2) is 0 Å². The van der Waals surface area contributed by atoms with Crippen molar-refractivity contribution in [2.24, 2.45) is 5.73 Å². The summed E-state index contributed by atoms with van der Waals surface area (Å²) < 4.78 is 16.6. The first-order valence-electron chi connectivity index (χ1n) is 8.72. The van der Waals surface area contributed by atoms with Gasteiger partial charge in [-0.3, -0.25) is 4.79 Å². The zero-order valence-electron chi connectivity index (χ0n) is 14.9. The molecule has 25 heavy (non-hydrogen) atoms. The van der Waals surface area contributed by atoms with E-state index in [9.17, 15) is 4.79 Å². The quantitative estimate of drug-likeness (QED) is 0.547. The molecule has 0 radical (unpaired) electrons. The molecule has 1 aliphatic rings. The molecule has 1 heterocycles. The molecule has 6 nitrogen and oxygen atoms in total. The Bertz CT molecular complexity index is 569. The Kier molecular flexibility index (Phi) is 7.76. The van der Waals surface area contributed by atoms with Gasteiger partial charge in [0.05, 0.1) is 13.2 Å². The lowest BCUT2D eigenvalue weighted by Crippen LogP contribution is -2.41. The van der Waals surface area contributed by atoms with Gasteiger partial charge in [0, 0.05) is 25.3 Å². The molecule has 0 bridgehead atoms. The van der Waals surface area contributed by atoms with Crippen molar-refractivity contribution in [3.8, 4) is 11.5 Å². The van der Waals surface area contributed by atoms with Crippen LogP contribution in [0.1, 0.15) is 29.6 Å². The highest BCUT2D eigenvalue weighted by Gasteiger charge is 2.24. The number of hydrogen-bond donors (Lipinski definition) is 1. The molecule has 0 aromatic heterocycles. The van der Waals surface area contributed by atoms with Crippen molar-refractivity contribution < 1.29 is 19.0 Å². The van der Waals surface area contributed by atoms with Gasteiger partial charge < -0.3 is 24.8 Å². The Morgan fingerprint density at radius 3 is 2.76 bits per heavy atom. The minimum absolute atomic E-state index is 0.00831. The van der Waals surface area contributed by atoms with E-state index in [2.05, 4.69) is 6.58 Å². The van der Waals surface area contributed by atoms with E-state index in [0.29, 0.717) is 49.9 Å². The fourth-order valence-corrected chi connectivity index (χ4v) is 2.81. The Balaban J connectivity index is 1.93. The molecule has 2 rings (SSSR count). The van der Waals surface area contributed by atoms with E-state index in [1.165, 1.54) is 0 Å². The predicted octanol–water partition coefficient (Wildman–Crippen LogP) is 2.23. The van der Waals surface area contributed by atoms with Gasteiger partial charge in [-0.15, -0.1) is 0 Å². The van der Waals surface area contributed by atoms with Crippen LogP contribution in [0.4, 0.5) is 0 Å². The highest BCUT2D eigenvalue weighted by molar-refractivity contribution is 5.95. The zero-order chi connectivity index (χ0) is 18.1. The molecule has 0 unspecified atom stereocenters. The number of piperidine rings is 1. The first-order valence-corrected chi connectivity index (χ1v) is 8.72. The Hall–Kier alpha value is -2.05. The highest BCUT2D eigenvalue weighted by Crippen LogP contribution is 2.29. The third-order valence-electron chi connectivity index (χ3n) is 4.20. The maximum atomic E-state index is 12.7. The number of nitrogens with zero attached hydrogens (tertiary/aromatic N) is 1. The van der Waals surface area contributed by atoms with Crippen LogP contribution in [0, 0.1) is 0 Å². The fraction of sp³-hybridized carbons (Fsp3) is 0.526. The van der Waals surface area contributed by atoms with Gasteiger partial charge in [0.25, 0.3) is 5.91 Å². The van der Waals surface area contributed by atoms with Gasteiger partial charge in [0.15, 0.2) is 11.5 Å². The molecule has 1 amide bonds. The largest absolute Gasteiger partial charge is 0.493 e. The molecule has 1 aromatic carbocycles. The number of carbonyl (C=O) groups is 1. The number of ether oxygens (including phenoxy) is 3. The first-order chi connectivity index (χ1) is 12.2. The Morgan fingerprint density at radius 2 is 2.12 bits per heavy atom. The number of rotatable bonds is 9. The molecule has 1 aromatic rings. The van der Waals surface area contributed by atoms with Gasteiger partial charge in [-0.2, -0.15) is 0 Å². The van der Waals surface area contributed by atoms with Crippen molar-refractivity contribution in [1.29, 1.82) is 0 Å². The number of hydrogen-bond acceptors (Lipinski definition) is 5. The van der Waals surface area contributed by atoms with E-state index < -0.39 is 0 Å². The van der Waals surface area contributed by atoms with Gasteiger partial charge in [0.2, 0.25) is 0 Å². The lowest BCUT2D eigenvalue weighted by Gasteiger charge is -2.32. The molecule has 138 valence electrons. The van der Waals surface area contributed by atoms with Crippen LogP contribution in [0.15, 0.2) is 30.9 Å². The van der Waals surface area contributed by atoms with E-state index >= 15 is 0 Å². The number of methoxy groups -OCH3 is 1. The lowest BCUT2D eigenvalue weighted by molar-refractivity contribution is 0.00844. The molecule has 1 fully saturated rings. The average molecular weight is 348 g/mol. The third-order valence-corrected chi connectivity index (χ3v) is 4.20. The van der Waals surface area contributed by atoms with Crippen molar-refractivity contribution >= 4 is 5.91 Å². The second-order valence-corrected chi connectivity index (χ2v) is 5.97. The SMILES string of the molecule is C=CCOc1ccc(C(=O)N2CCC(OCCCN)CC2)cc1OC. The molecule has 1 aliphatic heterocycles. The topological polar surface area (TPSA) is 74.0 Å². The average Bonchev–Trinajstić information content (AvgIpc) is 2.66. The summed E-state index contributed by atoms with van der Waals surface area (Å²) in [6.07, 6.45) is 4.47. The van der Waals surface area contributed by atoms with E-state index in [1.807, 2.05) is 4.90 Å². The smallest absolute Gasteiger partial charge is 0.253 e. The molecule has 0 spiro atoms. The minimum atomic E-state index is 0.00831. The van der Waals surface area contributed by atoms with Crippen LogP contribution in [-0.4, -0.2) is 56.9 Å². The number of benzene rings is 1. The van der Waals surface area contributed by atoms with Crippen LogP contribution in [0.5, 0.6) is 11.5 Å². The summed E-state index contributed by atoms with van der Waals surface area (Å²) in [6.45, 7) is 6.75.